The van der Waals surface area contributed by atoms with E-state index in [4.69, 9.17) is 0 Å². The number of amides is 1. The minimum atomic E-state index is 0.0303. The van der Waals surface area contributed by atoms with Gasteiger partial charge in [0.1, 0.15) is 0 Å². The van der Waals surface area contributed by atoms with Crippen LogP contribution in [-0.2, 0) is 4.79 Å². The molecule has 0 bridgehead atoms. The lowest BCUT2D eigenvalue weighted by atomic mass is 10.1. The summed E-state index contributed by atoms with van der Waals surface area (Å²) in [7, 11) is 0. The summed E-state index contributed by atoms with van der Waals surface area (Å²) in [6, 6.07) is 10.4. The maximum absolute atomic E-state index is 12.1. The highest BCUT2D eigenvalue weighted by molar-refractivity contribution is 5.97. The summed E-state index contributed by atoms with van der Waals surface area (Å²) in [4.78, 5) is 14.6. The Hall–Kier alpha value is -1.61. The zero-order chi connectivity index (χ0) is 15.1. The molecular formula is C18H26N2O. The van der Waals surface area contributed by atoms with Crippen molar-refractivity contribution in [1.29, 1.82) is 0 Å². The van der Waals surface area contributed by atoms with E-state index >= 15 is 0 Å². The van der Waals surface area contributed by atoms with E-state index in [1.807, 2.05) is 43.3 Å². The van der Waals surface area contributed by atoms with Gasteiger partial charge in [-0.25, -0.2) is 0 Å². The fourth-order valence-corrected chi connectivity index (χ4v) is 2.73. The van der Waals surface area contributed by atoms with Gasteiger partial charge in [-0.2, -0.15) is 0 Å². The highest BCUT2D eigenvalue weighted by atomic mass is 16.1. The van der Waals surface area contributed by atoms with Gasteiger partial charge in [0.15, 0.2) is 0 Å². The van der Waals surface area contributed by atoms with Crippen LogP contribution in [0.25, 0.3) is 6.08 Å². The van der Waals surface area contributed by atoms with E-state index in [9.17, 15) is 4.79 Å². The third-order valence-corrected chi connectivity index (χ3v) is 4.11. The van der Waals surface area contributed by atoms with Gasteiger partial charge < -0.3 is 5.32 Å². The van der Waals surface area contributed by atoms with Crippen molar-refractivity contribution in [2.75, 3.05) is 19.6 Å². The molecule has 114 valence electrons. The molecule has 1 heterocycles. The summed E-state index contributed by atoms with van der Waals surface area (Å²) in [5.74, 6) is 0.0303. The second-order valence-corrected chi connectivity index (χ2v) is 5.89. The lowest BCUT2D eigenvalue weighted by Crippen LogP contribution is -2.44. The van der Waals surface area contributed by atoms with Gasteiger partial charge in [0.25, 0.3) is 0 Å². The molecule has 1 saturated heterocycles. The van der Waals surface area contributed by atoms with E-state index in [0.717, 1.165) is 30.8 Å². The van der Waals surface area contributed by atoms with Crippen LogP contribution in [0.4, 0.5) is 0 Å². The molecule has 1 unspecified atom stereocenters. The Kier molecular flexibility index (Phi) is 6.00. The minimum absolute atomic E-state index is 0.0303. The van der Waals surface area contributed by atoms with Gasteiger partial charge in [0, 0.05) is 18.2 Å². The van der Waals surface area contributed by atoms with Crippen LogP contribution in [0, 0.1) is 0 Å². The van der Waals surface area contributed by atoms with Crippen LogP contribution in [0.1, 0.15) is 38.7 Å². The van der Waals surface area contributed by atoms with Gasteiger partial charge in [-0.1, -0.05) is 36.8 Å². The fourth-order valence-electron chi connectivity index (χ4n) is 2.73. The molecule has 1 amide bonds. The summed E-state index contributed by atoms with van der Waals surface area (Å²) < 4.78 is 0. The first-order chi connectivity index (χ1) is 10.2. The van der Waals surface area contributed by atoms with Crippen molar-refractivity contribution in [2.24, 2.45) is 0 Å². The second kappa shape index (κ2) is 7.99. The van der Waals surface area contributed by atoms with Crippen LogP contribution >= 0.6 is 0 Å². The molecule has 1 N–H and O–H groups in total. The monoisotopic (exact) mass is 286 g/mol. The SMILES string of the molecule is C/C(=C\c1ccccc1)C(=O)NCC(C)N1CCCCC1. The fraction of sp³-hybridized carbons (Fsp3) is 0.500. The standard InChI is InChI=1S/C18H26N2O/c1-15(13-17-9-5-3-6-10-17)18(21)19-14-16(2)20-11-7-4-8-12-20/h3,5-6,9-10,13,16H,4,7-8,11-12,14H2,1-2H3,(H,19,21)/b15-13+. The highest BCUT2D eigenvalue weighted by Gasteiger charge is 2.17. The van der Waals surface area contributed by atoms with E-state index in [0.29, 0.717) is 6.04 Å². The molecule has 2 rings (SSSR count). The van der Waals surface area contributed by atoms with Gasteiger partial charge in [0.2, 0.25) is 5.91 Å². The number of likely N-dealkylation sites (tertiary alicyclic amines) is 1. The summed E-state index contributed by atoms with van der Waals surface area (Å²) in [5.41, 5.74) is 1.82. The normalized spacial score (nSPS) is 18.3. The first-order valence-electron chi connectivity index (χ1n) is 7.92. The molecule has 0 spiro atoms. The summed E-state index contributed by atoms with van der Waals surface area (Å²) >= 11 is 0. The predicted molar refractivity (Wildman–Crippen MR) is 88.0 cm³/mol. The lowest BCUT2D eigenvalue weighted by molar-refractivity contribution is -0.117. The van der Waals surface area contributed by atoms with Crippen LogP contribution < -0.4 is 5.32 Å². The minimum Gasteiger partial charge on any atom is -0.351 e. The zero-order valence-electron chi connectivity index (χ0n) is 13.1. The van der Waals surface area contributed by atoms with Crippen molar-refractivity contribution in [3.63, 3.8) is 0 Å². The molecular weight excluding hydrogens is 260 g/mol. The molecule has 0 aromatic heterocycles. The Morgan fingerprint density at radius 2 is 1.90 bits per heavy atom. The van der Waals surface area contributed by atoms with E-state index in [1.54, 1.807) is 0 Å². The Morgan fingerprint density at radius 3 is 2.57 bits per heavy atom. The molecule has 1 atom stereocenters. The molecule has 1 aromatic rings. The number of benzene rings is 1. The second-order valence-electron chi connectivity index (χ2n) is 5.89. The number of nitrogens with one attached hydrogen (secondary N) is 1. The van der Waals surface area contributed by atoms with Crippen LogP contribution in [0.3, 0.4) is 0 Å². The van der Waals surface area contributed by atoms with Crippen LogP contribution in [0.2, 0.25) is 0 Å². The maximum Gasteiger partial charge on any atom is 0.246 e. The molecule has 3 heteroatoms. The Morgan fingerprint density at radius 1 is 1.24 bits per heavy atom. The Bertz CT molecular complexity index is 475. The van der Waals surface area contributed by atoms with Crippen molar-refractivity contribution >= 4 is 12.0 Å². The molecule has 1 aliphatic heterocycles. The van der Waals surface area contributed by atoms with Crippen molar-refractivity contribution in [3.8, 4) is 0 Å². The van der Waals surface area contributed by atoms with Gasteiger partial charge in [0.05, 0.1) is 0 Å². The van der Waals surface area contributed by atoms with Crippen LogP contribution in [0.15, 0.2) is 35.9 Å². The maximum atomic E-state index is 12.1. The molecule has 3 nitrogen and oxygen atoms in total. The quantitative estimate of drug-likeness (QED) is 0.844. The molecule has 1 aliphatic rings. The molecule has 0 radical (unpaired) electrons. The predicted octanol–water partition coefficient (Wildman–Crippen LogP) is 3.08. The number of hydrogen-bond donors (Lipinski definition) is 1. The number of nitrogens with zero attached hydrogens (tertiary/aromatic N) is 1. The first-order valence-corrected chi connectivity index (χ1v) is 7.92. The number of rotatable bonds is 5. The van der Waals surface area contributed by atoms with Gasteiger partial charge in [-0.15, -0.1) is 0 Å². The smallest absolute Gasteiger partial charge is 0.246 e. The summed E-state index contributed by atoms with van der Waals surface area (Å²) in [6.07, 6.45) is 5.84. The van der Waals surface area contributed by atoms with Gasteiger partial charge >= 0.3 is 0 Å². The topological polar surface area (TPSA) is 32.3 Å². The van der Waals surface area contributed by atoms with Crippen LogP contribution in [0.5, 0.6) is 0 Å². The van der Waals surface area contributed by atoms with E-state index in [-0.39, 0.29) is 5.91 Å². The number of hydrogen-bond acceptors (Lipinski definition) is 2. The first kappa shape index (κ1) is 15.8. The average molecular weight is 286 g/mol. The average Bonchev–Trinajstić information content (AvgIpc) is 2.54. The van der Waals surface area contributed by atoms with Crippen molar-refractivity contribution in [1.82, 2.24) is 10.2 Å². The molecule has 1 fully saturated rings. The Balaban J connectivity index is 1.82. The third-order valence-electron chi connectivity index (χ3n) is 4.11. The van der Waals surface area contributed by atoms with Crippen molar-refractivity contribution in [2.45, 2.75) is 39.2 Å². The van der Waals surface area contributed by atoms with E-state index in [1.165, 1.54) is 19.3 Å². The molecule has 0 aliphatic carbocycles. The largest absolute Gasteiger partial charge is 0.351 e. The number of carbonyl (C=O) groups is 1. The number of carbonyl (C=O) groups excluding carboxylic acids is 1. The number of piperidine rings is 1. The lowest BCUT2D eigenvalue weighted by Gasteiger charge is -2.32. The molecule has 0 saturated carbocycles. The van der Waals surface area contributed by atoms with E-state index in [2.05, 4.69) is 17.1 Å². The van der Waals surface area contributed by atoms with Crippen LogP contribution in [-0.4, -0.2) is 36.5 Å². The summed E-state index contributed by atoms with van der Waals surface area (Å²) in [6.45, 7) is 7.11. The summed E-state index contributed by atoms with van der Waals surface area (Å²) in [5, 5.41) is 3.05. The van der Waals surface area contributed by atoms with E-state index < -0.39 is 0 Å². The van der Waals surface area contributed by atoms with Gasteiger partial charge in [-0.05, 0) is 51.4 Å². The van der Waals surface area contributed by atoms with Crippen molar-refractivity contribution in [3.05, 3.63) is 41.5 Å². The molecule has 1 aromatic carbocycles. The van der Waals surface area contributed by atoms with Crippen molar-refractivity contribution < 1.29 is 4.79 Å². The zero-order valence-corrected chi connectivity index (χ0v) is 13.1. The Labute approximate surface area is 128 Å². The molecule has 21 heavy (non-hydrogen) atoms. The van der Waals surface area contributed by atoms with Gasteiger partial charge in [-0.3, -0.25) is 9.69 Å². The third kappa shape index (κ3) is 5.01. The highest BCUT2D eigenvalue weighted by Crippen LogP contribution is 2.12.